The van der Waals surface area contributed by atoms with Gasteiger partial charge in [-0.05, 0) is 43.3 Å². The predicted molar refractivity (Wildman–Crippen MR) is 72.1 cm³/mol. The van der Waals surface area contributed by atoms with Crippen molar-refractivity contribution in [2.75, 3.05) is 11.9 Å². The third kappa shape index (κ3) is 3.02. The fraction of sp³-hybridized carbons (Fsp3) is 0.133. The highest BCUT2D eigenvalue weighted by Gasteiger charge is 1.97. The summed E-state index contributed by atoms with van der Waals surface area (Å²) in [5.41, 5.74) is 2.57. The van der Waals surface area contributed by atoms with E-state index in [1.54, 1.807) is 12.1 Å². The van der Waals surface area contributed by atoms with Crippen LogP contribution >= 0.6 is 0 Å². The maximum atomic E-state index is 8.73. The van der Waals surface area contributed by atoms with E-state index in [4.69, 9.17) is 10.00 Å². The van der Waals surface area contributed by atoms with Crippen LogP contribution in [0.25, 0.3) is 0 Å². The summed E-state index contributed by atoms with van der Waals surface area (Å²) >= 11 is 0. The molecule has 0 bridgehead atoms. The SMILES string of the molecule is CCOc1cccc(Nc2ccc(C#N)cc2)c1. The number of benzene rings is 2. The molecule has 0 spiro atoms. The number of nitrogens with one attached hydrogen (secondary N) is 1. The molecule has 2 aromatic carbocycles. The van der Waals surface area contributed by atoms with Crippen molar-refractivity contribution in [1.29, 1.82) is 5.26 Å². The third-order valence-electron chi connectivity index (χ3n) is 2.45. The Morgan fingerprint density at radius 3 is 2.56 bits per heavy atom. The molecule has 0 saturated carbocycles. The van der Waals surface area contributed by atoms with Crippen molar-refractivity contribution < 1.29 is 4.74 Å². The minimum atomic E-state index is 0.653. The van der Waals surface area contributed by atoms with E-state index in [-0.39, 0.29) is 0 Å². The minimum Gasteiger partial charge on any atom is -0.494 e. The molecule has 2 aromatic rings. The van der Waals surface area contributed by atoms with Crippen LogP contribution in [0.3, 0.4) is 0 Å². The van der Waals surface area contributed by atoms with Gasteiger partial charge in [-0.25, -0.2) is 0 Å². The van der Waals surface area contributed by atoms with Gasteiger partial charge < -0.3 is 10.1 Å². The Bertz CT molecular complexity index is 555. The van der Waals surface area contributed by atoms with Gasteiger partial charge in [-0.15, -0.1) is 0 Å². The average molecular weight is 238 g/mol. The highest BCUT2D eigenvalue weighted by atomic mass is 16.5. The standard InChI is InChI=1S/C15H14N2O/c1-2-18-15-5-3-4-14(10-15)17-13-8-6-12(11-16)7-9-13/h3-10,17H,2H2,1H3. The summed E-state index contributed by atoms with van der Waals surface area (Å²) in [7, 11) is 0. The van der Waals surface area contributed by atoms with Crippen LogP contribution < -0.4 is 10.1 Å². The lowest BCUT2D eigenvalue weighted by atomic mass is 10.2. The predicted octanol–water partition coefficient (Wildman–Crippen LogP) is 3.70. The van der Waals surface area contributed by atoms with Gasteiger partial charge in [0.25, 0.3) is 0 Å². The van der Waals surface area contributed by atoms with E-state index in [1.165, 1.54) is 0 Å². The van der Waals surface area contributed by atoms with Crippen LogP contribution in [0, 0.1) is 11.3 Å². The molecule has 3 nitrogen and oxygen atoms in total. The van der Waals surface area contributed by atoms with Crippen LogP contribution in [0.1, 0.15) is 12.5 Å². The molecule has 0 aliphatic rings. The summed E-state index contributed by atoms with van der Waals surface area (Å²) in [5.74, 6) is 0.844. The summed E-state index contributed by atoms with van der Waals surface area (Å²) in [4.78, 5) is 0. The first-order chi connectivity index (χ1) is 8.81. The first kappa shape index (κ1) is 12.0. The van der Waals surface area contributed by atoms with Crippen molar-refractivity contribution in [3.8, 4) is 11.8 Å². The summed E-state index contributed by atoms with van der Waals surface area (Å²) < 4.78 is 5.44. The monoisotopic (exact) mass is 238 g/mol. The third-order valence-corrected chi connectivity index (χ3v) is 2.45. The van der Waals surface area contributed by atoms with Gasteiger partial charge >= 0.3 is 0 Å². The lowest BCUT2D eigenvalue weighted by Gasteiger charge is -2.08. The molecule has 0 fully saturated rings. The Hall–Kier alpha value is -2.47. The van der Waals surface area contributed by atoms with E-state index in [2.05, 4.69) is 11.4 Å². The lowest BCUT2D eigenvalue weighted by molar-refractivity contribution is 0.340. The number of nitriles is 1. The van der Waals surface area contributed by atoms with Crippen molar-refractivity contribution in [2.45, 2.75) is 6.92 Å². The zero-order valence-corrected chi connectivity index (χ0v) is 10.2. The molecular formula is C15H14N2O. The van der Waals surface area contributed by atoms with Gasteiger partial charge in [0, 0.05) is 17.4 Å². The van der Waals surface area contributed by atoms with Gasteiger partial charge in [0.2, 0.25) is 0 Å². The molecule has 0 aliphatic heterocycles. The van der Waals surface area contributed by atoms with Gasteiger partial charge in [0.1, 0.15) is 5.75 Å². The molecule has 0 amide bonds. The second-order valence-corrected chi connectivity index (χ2v) is 3.77. The Morgan fingerprint density at radius 2 is 1.89 bits per heavy atom. The molecule has 0 heterocycles. The highest BCUT2D eigenvalue weighted by Crippen LogP contribution is 2.21. The van der Waals surface area contributed by atoms with Crippen molar-refractivity contribution in [3.63, 3.8) is 0 Å². The molecule has 0 atom stereocenters. The Labute approximate surface area is 107 Å². The number of rotatable bonds is 4. The fourth-order valence-corrected chi connectivity index (χ4v) is 1.63. The molecule has 3 heteroatoms. The van der Waals surface area contributed by atoms with Crippen LogP contribution in [0.4, 0.5) is 11.4 Å². The number of hydrogen-bond donors (Lipinski definition) is 1. The quantitative estimate of drug-likeness (QED) is 0.883. The smallest absolute Gasteiger partial charge is 0.121 e. The van der Waals surface area contributed by atoms with Crippen molar-refractivity contribution >= 4 is 11.4 Å². The summed E-state index contributed by atoms with van der Waals surface area (Å²) in [6.45, 7) is 2.61. The molecule has 18 heavy (non-hydrogen) atoms. The van der Waals surface area contributed by atoms with Crippen LogP contribution in [0.5, 0.6) is 5.75 Å². The molecule has 1 N–H and O–H groups in total. The van der Waals surface area contributed by atoms with E-state index < -0.39 is 0 Å². The first-order valence-corrected chi connectivity index (χ1v) is 5.82. The Kier molecular flexibility index (Phi) is 3.83. The zero-order chi connectivity index (χ0) is 12.8. The van der Waals surface area contributed by atoms with Crippen LogP contribution in [0.15, 0.2) is 48.5 Å². The fourth-order valence-electron chi connectivity index (χ4n) is 1.63. The first-order valence-electron chi connectivity index (χ1n) is 5.82. The summed E-state index contributed by atoms with van der Waals surface area (Å²) in [6, 6.07) is 17.2. The number of ether oxygens (including phenoxy) is 1. The maximum Gasteiger partial charge on any atom is 0.121 e. The molecular weight excluding hydrogens is 224 g/mol. The molecule has 90 valence electrons. The number of anilines is 2. The molecule has 0 saturated heterocycles. The maximum absolute atomic E-state index is 8.73. The minimum absolute atomic E-state index is 0.653. The van der Waals surface area contributed by atoms with E-state index >= 15 is 0 Å². The topological polar surface area (TPSA) is 45.0 Å². The van der Waals surface area contributed by atoms with Gasteiger partial charge in [-0.3, -0.25) is 0 Å². The van der Waals surface area contributed by atoms with Crippen LogP contribution in [-0.4, -0.2) is 6.61 Å². The summed E-state index contributed by atoms with van der Waals surface area (Å²) in [5, 5.41) is 12.0. The molecule has 2 rings (SSSR count). The Balaban J connectivity index is 2.12. The highest BCUT2D eigenvalue weighted by molar-refractivity contribution is 5.61. The van der Waals surface area contributed by atoms with Crippen molar-refractivity contribution in [3.05, 3.63) is 54.1 Å². The van der Waals surface area contributed by atoms with Gasteiger partial charge in [-0.2, -0.15) is 5.26 Å². The van der Waals surface area contributed by atoms with Gasteiger partial charge in [0.05, 0.1) is 18.2 Å². The van der Waals surface area contributed by atoms with Crippen LogP contribution in [-0.2, 0) is 0 Å². The van der Waals surface area contributed by atoms with Crippen LogP contribution in [0.2, 0.25) is 0 Å². The number of nitrogens with zero attached hydrogens (tertiary/aromatic N) is 1. The van der Waals surface area contributed by atoms with E-state index in [0.717, 1.165) is 17.1 Å². The van der Waals surface area contributed by atoms with Crippen molar-refractivity contribution in [2.24, 2.45) is 0 Å². The molecule has 0 radical (unpaired) electrons. The second kappa shape index (κ2) is 5.74. The zero-order valence-electron chi connectivity index (χ0n) is 10.2. The molecule has 0 aliphatic carbocycles. The largest absolute Gasteiger partial charge is 0.494 e. The van der Waals surface area contributed by atoms with Gasteiger partial charge in [0.15, 0.2) is 0 Å². The second-order valence-electron chi connectivity index (χ2n) is 3.77. The van der Waals surface area contributed by atoms with Crippen molar-refractivity contribution in [1.82, 2.24) is 0 Å². The normalized spacial score (nSPS) is 9.56. The molecule has 0 unspecified atom stereocenters. The van der Waals surface area contributed by atoms with E-state index in [0.29, 0.717) is 12.2 Å². The molecule has 0 aromatic heterocycles. The Morgan fingerprint density at radius 1 is 1.11 bits per heavy atom. The lowest BCUT2D eigenvalue weighted by Crippen LogP contribution is -1.94. The summed E-state index contributed by atoms with van der Waals surface area (Å²) in [6.07, 6.45) is 0. The van der Waals surface area contributed by atoms with Gasteiger partial charge in [-0.1, -0.05) is 6.07 Å². The number of hydrogen-bond acceptors (Lipinski definition) is 3. The average Bonchev–Trinajstić information content (AvgIpc) is 2.40. The van der Waals surface area contributed by atoms with E-state index in [1.807, 2.05) is 43.3 Å². The van der Waals surface area contributed by atoms with E-state index in [9.17, 15) is 0 Å².